The Labute approximate surface area is 281 Å². The predicted octanol–water partition coefficient (Wildman–Crippen LogP) is 0.894. The molecule has 0 amide bonds. The van der Waals surface area contributed by atoms with E-state index in [0.717, 1.165) is 11.1 Å². The molecule has 0 saturated carbocycles. The predicted molar refractivity (Wildman–Crippen MR) is 175 cm³/mol. The van der Waals surface area contributed by atoms with Gasteiger partial charge in [-0.25, -0.2) is 0 Å². The zero-order chi connectivity index (χ0) is 34.7. The fraction of sp³-hybridized carbons (Fsp3) is 0.529. The van der Waals surface area contributed by atoms with Gasteiger partial charge in [0, 0.05) is 52.4 Å². The zero-order valence-electron chi connectivity index (χ0n) is 27.8. The summed E-state index contributed by atoms with van der Waals surface area (Å²) in [5.41, 5.74) is 1.88. The number of methoxy groups -OCH3 is 2. The average molecular weight is 673 g/mol. The van der Waals surface area contributed by atoms with Crippen molar-refractivity contribution in [2.45, 2.75) is 25.3 Å². The second-order valence-electron chi connectivity index (χ2n) is 11.5. The zero-order valence-corrected chi connectivity index (χ0v) is 27.8. The van der Waals surface area contributed by atoms with E-state index in [0.29, 0.717) is 0 Å². The molecule has 14 nitrogen and oxygen atoms in total. The first-order chi connectivity index (χ1) is 23.2. The average Bonchev–Trinajstić information content (AvgIpc) is 3.08. The molecule has 2 N–H and O–H groups in total. The lowest BCUT2D eigenvalue weighted by Gasteiger charge is -2.37. The van der Waals surface area contributed by atoms with Crippen molar-refractivity contribution in [3.63, 3.8) is 0 Å². The van der Waals surface area contributed by atoms with Crippen molar-refractivity contribution in [1.82, 2.24) is 19.6 Å². The number of aliphatic carboxylic acids is 2. The maximum absolute atomic E-state index is 13.0. The lowest BCUT2D eigenvalue weighted by atomic mass is 10.2. The summed E-state index contributed by atoms with van der Waals surface area (Å²) in [6.07, 6.45) is 0. The van der Waals surface area contributed by atoms with Gasteiger partial charge in [0.05, 0.1) is 53.7 Å². The van der Waals surface area contributed by atoms with Crippen LogP contribution in [-0.2, 0) is 51.3 Å². The Morgan fingerprint density at radius 3 is 1.21 bits per heavy atom. The Bertz CT molecular complexity index is 1160. The first kappa shape index (κ1) is 38.5. The number of nitrogens with zero attached hydrogens (tertiary/aromatic N) is 4. The molecule has 2 aromatic carbocycles. The van der Waals surface area contributed by atoms with E-state index < -0.39 is 36.0 Å². The summed E-state index contributed by atoms with van der Waals surface area (Å²) in [5, 5.41) is 19.4. The quantitative estimate of drug-likeness (QED) is 0.242. The summed E-state index contributed by atoms with van der Waals surface area (Å²) < 4.78 is 22.1. The molecule has 3 rings (SSSR count). The van der Waals surface area contributed by atoms with Crippen LogP contribution in [0.5, 0.6) is 0 Å². The van der Waals surface area contributed by atoms with Crippen LogP contribution < -0.4 is 0 Å². The number of benzene rings is 2. The highest BCUT2D eigenvalue weighted by molar-refractivity contribution is 5.76. The fourth-order valence-corrected chi connectivity index (χ4v) is 5.49. The van der Waals surface area contributed by atoms with Crippen molar-refractivity contribution in [3.05, 3.63) is 71.8 Å². The molecule has 1 aliphatic rings. The van der Waals surface area contributed by atoms with Gasteiger partial charge in [0.25, 0.3) is 0 Å². The van der Waals surface area contributed by atoms with Gasteiger partial charge >= 0.3 is 23.9 Å². The van der Waals surface area contributed by atoms with Gasteiger partial charge < -0.3 is 29.2 Å². The second-order valence-corrected chi connectivity index (χ2v) is 11.5. The Morgan fingerprint density at radius 2 is 0.917 bits per heavy atom. The van der Waals surface area contributed by atoms with Crippen LogP contribution in [0.2, 0.25) is 0 Å². The van der Waals surface area contributed by atoms with Crippen molar-refractivity contribution < 1.29 is 48.3 Å². The minimum Gasteiger partial charge on any atom is -0.480 e. The lowest BCUT2D eigenvalue weighted by molar-refractivity contribution is -0.151. The van der Waals surface area contributed by atoms with Gasteiger partial charge in [-0.1, -0.05) is 60.7 Å². The Hall–Kier alpha value is -3.92. The molecule has 0 aromatic heterocycles. The molecule has 1 saturated heterocycles. The van der Waals surface area contributed by atoms with Crippen LogP contribution in [0.3, 0.4) is 0 Å². The topological polar surface area (TPSA) is 159 Å². The fourth-order valence-electron chi connectivity index (χ4n) is 5.49. The third kappa shape index (κ3) is 13.7. The largest absolute Gasteiger partial charge is 0.480 e. The van der Waals surface area contributed by atoms with E-state index in [-0.39, 0.29) is 91.9 Å². The molecule has 264 valence electrons. The standard InChI is InChI=1S/C34H48N4O10/c1-45-33(43)29(25-47-23-27-9-5-3-6-10-27)37-17-13-35(21-31(39)40)15-19-38(20-16-36(14-18-37)22-32(41)42)30(34(44)46-2)26-48-24-28-11-7-4-8-12-28/h3-12,29-30H,13-26H2,1-2H3,(H,39,40)(H,41,42). The van der Waals surface area contributed by atoms with Crippen molar-refractivity contribution in [2.24, 2.45) is 0 Å². The third-order valence-corrected chi connectivity index (χ3v) is 8.13. The van der Waals surface area contributed by atoms with Crippen LogP contribution in [-0.4, -0.2) is 159 Å². The van der Waals surface area contributed by atoms with Crippen molar-refractivity contribution >= 4 is 23.9 Å². The van der Waals surface area contributed by atoms with Crippen LogP contribution in [0, 0.1) is 0 Å². The highest BCUT2D eigenvalue weighted by Crippen LogP contribution is 2.12. The van der Waals surface area contributed by atoms with Crippen LogP contribution in [0.4, 0.5) is 0 Å². The first-order valence-electron chi connectivity index (χ1n) is 16.0. The molecule has 2 atom stereocenters. The van der Waals surface area contributed by atoms with Gasteiger partial charge in [-0.3, -0.25) is 38.8 Å². The minimum atomic E-state index is -1.01. The molecule has 2 aromatic rings. The summed E-state index contributed by atoms with van der Waals surface area (Å²) in [4.78, 5) is 57.0. The molecule has 14 heteroatoms. The molecular weight excluding hydrogens is 624 g/mol. The number of hydrogen-bond acceptors (Lipinski definition) is 12. The monoisotopic (exact) mass is 672 g/mol. The lowest BCUT2D eigenvalue weighted by Crippen LogP contribution is -2.55. The van der Waals surface area contributed by atoms with Gasteiger partial charge in [0.1, 0.15) is 12.1 Å². The van der Waals surface area contributed by atoms with Crippen LogP contribution in [0.1, 0.15) is 11.1 Å². The number of esters is 2. The summed E-state index contributed by atoms with van der Waals surface area (Å²) in [6.45, 7) is 2.33. The Kier molecular flexibility index (Phi) is 17.0. The highest BCUT2D eigenvalue weighted by atomic mass is 16.5. The van der Waals surface area contributed by atoms with Crippen molar-refractivity contribution in [3.8, 4) is 0 Å². The van der Waals surface area contributed by atoms with E-state index in [1.54, 1.807) is 9.80 Å². The Morgan fingerprint density at radius 1 is 0.583 bits per heavy atom. The number of carboxylic acids is 2. The number of hydrogen-bond donors (Lipinski definition) is 2. The molecule has 0 aliphatic carbocycles. The van der Waals surface area contributed by atoms with Crippen LogP contribution >= 0.6 is 0 Å². The van der Waals surface area contributed by atoms with E-state index in [4.69, 9.17) is 18.9 Å². The molecular formula is C34H48N4O10. The van der Waals surface area contributed by atoms with Gasteiger partial charge in [-0.2, -0.15) is 0 Å². The first-order valence-corrected chi connectivity index (χ1v) is 16.0. The molecule has 0 bridgehead atoms. The molecule has 2 unspecified atom stereocenters. The van der Waals surface area contributed by atoms with E-state index in [9.17, 15) is 29.4 Å². The van der Waals surface area contributed by atoms with Gasteiger partial charge in [-0.15, -0.1) is 0 Å². The third-order valence-electron chi connectivity index (χ3n) is 8.13. The Balaban J connectivity index is 1.81. The van der Waals surface area contributed by atoms with E-state index >= 15 is 0 Å². The summed E-state index contributed by atoms with van der Waals surface area (Å²) in [6, 6.07) is 17.4. The van der Waals surface area contributed by atoms with Crippen LogP contribution in [0.15, 0.2) is 60.7 Å². The second kappa shape index (κ2) is 21.1. The molecule has 1 fully saturated rings. The maximum atomic E-state index is 13.0. The van der Waals surface area contributed by atoms with Gasteiger partial charge in [0.2, 0.25) is 0 Å². The minimum absolute atomic E-state index is 0.0248. The van der Waals surface area contributed by atoms with Crippen LogP contribution in [0.25, 0.3) is 0 Å². The molecule has 48 heavy (non-hydrogen) atoms. The van der Waals surface area contributed by atoms with Crippen molar-refractivity contribution in [2.75, 3.05) is 92.9 Å². The van der Waals surface area contributed by atoms with Gasteiger partial charge in [0.15, 0.2) is 0 Å². The number of carbonyl (C=O) groups excluding carboxylic acids is 2. The SMILES string of the molecule is COC(=O)C(COCc1ccccc1)N1CCN(CC(=O)O)CCN(C(COCc2ccccc2)C(=O)OC)CCN(CC(=O)O)CC1. The highest BCUT2D eigenvalue weighted by Gasteiger charge is 2.31. The number of carbonyl (C=O) groups is 4. The van der Waals surface area contributed by atoms with Crippen molar-refractivity contribution in [1.29, 1.82) is 0 Å². The number of rotatable bonds is 16. The number of ether oxygens (including phenoxy) is 4. The summed E-state index contributed by atoms with van der Waals surface area (Å²) in [5.74, 6) is -3.04. The normalized spacial score (nSPS) is 17.4. The molecule has 1 aliphatic heterocycles. The number of carboxylic acid groups (broad SMARTS) is 2. The molecule has 0 radical (unpaired) electrons. The van der Waals surface area contributed by atoms with Gasteiger partial charge in [-0.05, 0) is 11.1 Å². The summed E-state index contributed by atoms with van der Waals surface area (Å²) in [7, 11) is 2.60. The van der Waals surface area contributed by atoms with E-state index in [1.165, 1.54) is 14.2 Å². The molecule has 1 heterocycles. The maximum Gasteiger partial charge on any atom is 0.325 e. The smallest absolute Gasteiger partial charge is 0.325 e. The van der Waals surface area contributed by atoms with E-state index in [1.807, 2.05) is 70.5 Å². The molecule has 0 spiro atoms. The van der Waals surface area contributed by atoms with E-state index in [2.05, 4.69) is 0 Å². The summed E-state index contributed by atoms with van der Waals surface area (Å²) >= 11 is 0.